The lowest BCUT2D eigenvalue weighted by Gasteiger charge is -2.23. The summed E-state index contributed by atoms with van der Waals surface area (Å²) in [6, 6.07) is 0. The highest BCUT2D eigenvalue weighted by atomic mass is 16.5. The molecule has 0 aliphatic carbocycles. The zero-order valence-corrected chi connectivity index (χ0v) is 8.33. The molecule has 0 radical (unpaired) electrons. The first-order valence-corrected chi connectivity index (χ1v) is 5.30. The van der Waals surface area contributed by atoms with Crippen LogP contribution in [0.2, 0.25) is 0 Å². The van der Waals surface area contributed by atoms with Crippen molar-refractivity contribution in [1.82, 2.24) is 0 Å². The van der Waals surface area contributed by atoms with Gasteiger partial charge in [-0.1, -0.05) is 0 Å². The number of rotatable bonds is 2. The van der Waals surface area contributed by atoms with Crippen LogP contribution >= 0.6 is 0 Å². The monoisotopic (exact) mass is 196 g/mol. The van der Waals surface area contributed by atoms with Gasteiger partial charge >= 0.3 is 0 Å². The number of carbonyl (C=O) groups is 1. The smallest absolute Gasteiger partial charge is 0.167 e. The fraction of sp³-hybridized carbons (Fsp3) is 0.727. The summed E-state index contributed by atoms with van der Waals surface area (Å²) in [7, 11) is 0. The summed E-state index contributed by atoms with van der Waals surface area (Å²) in [6.45, 7) is 2.15. The first-order chi connectivity index (χ1) is 6.88. The van der Waals surface area contributed by atoms with Gasteiger partial charge in [-0.2, -0.15) is 0 Å². The van der Waals surface area contributed by atoms with Gasteiger partial charge in [0.05, 0.1) is 19.5 Å². The minimum atomic E-state index is 0.0803. The summed E-state index contributed by atoms with van der Waals surface area (Å²) in [5.41, 5.74) is 0.853. The third-order valence-electron chi connectivity index (χ3n) is 2.78. The van der Waals surface area contributed by atoms with E-state index in [2.05, 4.69) is 0 Å². The lowest BCUT2D eigenvalue weighted by atomic mass is 9.91. The second kappa shape index (κ2) is 4.60. The molecule has 78 valence electrons. The van der Waals surface area contributed by atoms with Crippen LogP contribution in [0, 0.1) is 5.92 Å². The molecule has 0 amide bonds. The number of carbonyl (C=O) groups excluding carboxylic acids is 1. The van der Waals surface area contributed by atoms with E-state index in [0.29, 0.717) is 6.61 Å². The molecule has 3 heteroatoms. The predicted molar refractivity (Wildman–Crippen MR) is 51.8 cm³/mol. The molecule has 2 rings (SSSR count). The number of hydrogen-bond acceptors (Lipinski definition) is 3. The molecule has 0 spiro atoms. The van der Waals surface area contributed by atoms with Gasteiger partial charge in [-0.25, -0.2) is 0 Å². The Morgan fingerprint density at radius 2 is 2.29 bits per heavy atom. The van der Waals surface area contributed by atoms with E-state index >= 15 is 0 Å². The van der Waals surface area contributed by atoms with Gasteiger partial charge in [0.25, 0.3) is 0 Å². The minimum Gasteiger partial charge on any atom is -0.501 e. The summed E-state index contributed by atoms with van der Waals surface area (Å²) >= 11 is 0. The van der Waals surface area contributed by atoms with Crippen LogP contribution in [0.5, 0.6) is 0 Å². The van der Waals surface area contributed by atoms with Crippen molar-refractivity contribution in [3.63, 3.8) is 0 Å². The Morgan fingerprint density at radius 1 is 1.36 bits per heavy atom. The van der Waals surface area contributed by atoms with E-state index in [1.807, 2.05) is 0 Å². The molecule has 0 aromatic rings. The molecule has 1 atom stereocenters. The van der Waals surface area contributed by atoms with E-state index in [0.717, 1.165) is 44.5 Å². The van der Waals surface area contributed by atoms with Crippen molar-refractivity contribution in [3.8, 4) is 0 Å². The lowest BCUT2D eigenvalue weighted by molar-refractivity contribution is -0.123. The third-order valence-corrected chi connectivity index (χ3v) is 2.78. The molecule has 1 fully saturated rings. The fourth-order valence-corrected chi connectivity index (χ4v) is 1.96. The van der Waals surface area contributed by atoms with Gasteiger partial charge in [0.15, 0.2) is 5.78 Å². The zero-order chi connectivity index (χ0) is 9.80. The lowest BCUT2D eigenvalue weighted by Crippen LogP contribution is -2.27. The average Bonchev–Trinajstić information content (AvgIpc) is 2.30. The van der Waals surface area contributed by atoms with Crippen molar-refractivity contribution in [2.45, 2.75) is 25.7 Å². The van der Waals surface area contributed by atoms with Crippen LogP contribution in [-0.2, 0) is 14.3 Å². The number of ether oxygens (including phenoxy) is 2. The molecule has 0 aromatic carbocycles. The van der Waals surface area contributed by atoms with Crippen molar-refractivity contribution in [2.24, 2.45) is 5.92 Å². The van der Waals surface area contributed by atoms with Gasteiger partial charge < -0.3 is 9.47 Å². The number of hydrogen-bond donors (Lipinski definition) is 0. The predicted octanol–water partition coefficient (Wildman–Crippen LogP) is 1.68. The molecule has 0 bridgehead atoms. The molecule has 3 nitrogen and oxygen atoms in total. The average molecular weight is 196 g/mol. The van der Waals surface area contributed by atoms with E-state index in [9.17, 15) is 4.79 Å². The van der Waals surface area contributed by atoms with Gasteiger partial charge in [0.2, 0.25) is 0 Å². The molecule has 1 unspecified atom stereocenters. The minimum absolute atomic E-state index is 0.0803. The first-order valence-electron chi connectivity index (χ1n) is 5.30. The second-order valence-electron chi connectivity index (χ2n) is 3.90. The Morgan fingerprint density at radius 3 is 2.93 bits per heavy atom. The molecule has 0 saturated carbocycles. The molecule has 14 heavy (non-hydrogen) atoms. The Labute approximate surface area is 84.1 Å². The molecule has 2 aliphatic heterocycles. The summed E-state index contributed by atoms with van der Waals surface area (Å²) in [5, 5.41) is 0. The van der Waals surface area contributed by atoms with E-state index in [1.165, 1.54) is 0 Å². The zero-order valence-electron chi connectivity index (χ0n) is 8.33. The van der Waals surface area contributed by atoms with Gasteiger partial charge in [0.1, 0.15) is 0 Å². The summed E-state index contributed by atoms with van der Waals surface area (Å²) < 4.78 is 10.5. The topological polar surface area (TPSA) is 35.5 Å². The molecular weight excluding hydrogens is 180 g/mol. The highest BCUT2D eigenvalue weighted by Gasteiger charge is 2.25. The Hall–Kier alpha value is -0.830. The van der Waals surface area contributed by atoms with Crippen LogP contribution < -0.4 is 0 Å². The van der Waals surface area contributed by atoms with Gasteiger partial charge in [-0.3, -0.25) is 4.79 Å². The summed E-state index contributed by atoms with van der Waals surface area (Å²) in [4.78, 5) is 11.9. The maximum Gasteiger partial charge on any atom is 0.167 e. The van der Waals surface area contributed by atoms with Crippen molar-refractivity contribution >= 4 is 5.78 Å². The maximum absolute atomic E-state index is 11.9. The third kappa shape index (κ3) is 2.15. The fourth-order valence-electron chi connectivity index (χ4n) is 1.96. The van der Waals surface area contributed by atoms with E-state index in [1.54, 1.807) is 6.26 Å². The molecular formula is C11H16O3. The Balaban J connectivity index is 1.95. The van der Waals surface area contributed by atoms with Crippen LogP contribution in [0.15, 0.2) is 11.8 Å². The normalized spacial score (nSPS) is 27.7. The van der Waals surface area contributed by atoms with E-state index in [4.69, 9.17) is 9.47 Å². The second-order valence-corrected chi connectivity index (χ2v) is 3.90. The van der Waals surface area contributed by atoms with Crippen molar-refractivity contribution in [2.75, 3.05) is 19.8 Å². The summed E-state index contributed by atoms with van der Waals surface area (Å²) in [5.74, 6) is 0.320. The highest BCUT2D eigenvalue weighted by Crippen LogP contribution is 2.22. The van der Waals surface area contributed by atoms with Crippen LogP contribution in [-0.4, -0.2) is 25.6 Å². The van der Waals surface area contributed by atoms with Crippen LogP contribution in [0.25, 0.3) is 0 Å². The van der Waals surface area contributed by atoms with Crippen LogP contribution in [0.1, 0.15) is 25.7 Å². The Bertz CT molecular complexity index is 239. The van der Waals surface area contributed by atoms with Crippen LogP contribution in [0.3, 0.4) is 0 Å². The molecule has 2 heterocycles. The van der Waals surface area contributed by atoms with Crippen molar-refractivity contribution < 1.29 is 14.3 Å². The van der Waals surface area contributed by atoms with E-state index < -0.39 is 0 Å². The standard InChI is InChI=1S/C11H16O3/c12-11(9-3-1-5-13-7-9)10-4-2-6-14-8-10/h7,10H,1-6,8H2. The maximum atomic E-state index is 11.9. The van der Waals surface area contributed by atoms with Gasteiger partial charge in [-0.15, -0.1) is 0 Å². The summed E-state index contributed by atoms with van der Waals surface area (Å²) in [6.07, 6.45) is 5.45. The van der Waals surface area contributed by atoms with Gasteiger partial charge in [-0.05, 0) is 25.7 Å². The number of Topliss-reactive ketones (excluding diaryl/α,β-unsaturated/α-hetero) is 1. The largest absolute Gasteiger partial charge is 0.501 e. The van der Waals surface area contributed by atoms with E-state index in [-0.39, 0.29) is 11.7 Å². The number of allylic oxidation sites excluding steroid dienone is 1. The first kappa shape index (κ1) is 9.71. The molecule has 0 aromatic heterocycles. The SMILES string of the molecule is O=C(C1=COCCC1)C1CCCOC1. The molecule has 1 saturated heterocycles. The Kier molecular flexibility index (Phi) is 3.19. The highest BCUT2D eigenvalue weighted by molar-refractivity contribution is 5.97. The quantitative estimate of drug-likeness (QED) is 0.674. The number of ketones is 1. The van der Waals surface area contributed by atoms with Crippen molar-refractivity contribution in [3.05, 3.63) is 11.8 Å². The van der Waals surface area contributed by atoms with Gasteiger partial charge in [0, 0.05) is 18.1 Å². The van der Waals surface area contributed by atoms with Crippen LogP contribution in [0.4, 0.5) is 0 Å². The molecule has 2 aliphatic rings. The molecule has 0 N–H and O–H groups in total. The van der Waals surface area contributed by atoms with Crippen molar-refractivity contribution in [1.29, 1.82) is 0 Å².